The van der Waals surface area contributed by atoms with Gasteiger partial charge in [-0.15, -0.1) is 0 Å². The molecule has 0 aliphatic heterocycles. The van der Waals surface area contributed by atoms with Gasteiger partial charge >= 0.3 is 6.01 Å². The summed E-state index contributed by atoms with van der Waals surface area (Å²) in [5.41, 5.74) is 10.4. The Morgan fingerprint density at radius 3 is 2.39 bits per heavy atom. The van der Waals surface area contributed by atoms with Crippen molar-refractivity contribution in [2.24, 2.45) is 0 Å². The minimum absolute atomic E-state index is 0.325. The molecule has 3 heterocycles. The molecular weight excluding hydrogens is 414 g/mol. The topological polar surface area (TPSA) is 104 Å². The smallest absolute Gasteiger partial charge is 0.321 e. The molecule has 2 aliphatic carbocycles. The molecule has 33 heavy (non-hydrogen) atoms. The first-order valence-corrected chi connectivity index (χ1v) is 11.7. The van der Waals surface area contributed by atoms with Crippen molar-refractivity contribution >= 4 is 22.5 Å². The van der Waals surface area contributed by atoms with Gasteiger partial charge in [0, 0.05) is 53.9 Å². The van der Waals surface area contributed by atoms with Gasteiger partial charge in [-0.3, -0.25) is 0 Å². The van der Waals surface area contributed by atoms with Crippen LogP contribution in [0.25, 0.3) is 22.2 Å². The maximum Gasteiger partial charge on any atom is 0.321 e. The van der Waals surface area contributed by atoms with Crippen LogP contribution >= 0.6 is 0 Å². The van der Waals surface area contributed by atoms with Crippen LogP contribution in [0.3, 0.4) is 0 Å². The van der Waals surface area contributed by atoms with Gasteiger partial charge in [-0.1, -0.05) is 12.8 Å². The molecule has 8 heteroatoms. The van der Waals surface area contributed by atoms with E-state index in [9.17, 15) is 0 Å². The molecule has 2 saturated carbocycles. The first-order chi connectivity index (χ1) is 16.3. The quantitative estimate of drug-likeness (QED) is 0.416. The summed E-state index contributed by atoms with van der Waals surface area (Å²) in [5.74, 6) is 1.37. The third-order valence-electron chi connectivity index (χ3n) is 6.82. The third kappa shape index (κ3) is 3.75. The second-order valence-corrected chi connectivity index (χ2v) is 8.95. The number of fused-ring (bicyclic) bond motifs is 1. The van der Waals surface area contributed by atoms with Crippen LogP contribution in [0.5, 0.6) is 11.8 Å². The highest BCUT2D eigenvalue weighted by Crippen LogP contribution is 2.44. The highest BCUT2D eigenvalue weighted by molar-refractivity contribution is 6.01. The summed E-state index contributed by atoms with van der Waals surface area (Å²) in [6.07, 6.45) is 15.5. The van der Waals surface area contributed by atoms with Gasteiger partial charge in [0.05, 0.1) is 16.9 Å². The molecule has 4 aromatic rings. The van der Waals surface area contributed by atoms with Gasteiger partial charge in [-0.25, -0.2) is 19.9 Å². The molecule has 0 amide bonds. The second kappa shape index (κ2) is 8.35. The van der Waals surface area contributed by atoms with Crippen LogP contribution in [0.15, 0.2) is 49.1 Å². The third-order valence-corrected chi connectivity index (χ3v) is 6.82. The fraction of sp³-hybridized carbons (Fsp3) is 0.360. The lowest BCUT2D eigenvalue weighted by Gasteiger charge is -2.30. The highest BCUT2D eigenvalue weighted by atomic mass is 16.5. The Hall–Kier alpha value is -3.68. The van der Waals surface area contributed by atoms with Crippen molar-refractivity contribution in [2.75, 3.05) is 11.1 Å². The van der Waals surface area contributed by atoms with Crippen molar-refractivity contribution in [1.82, 2.24) is 24.5 Å². The van der Waals surface area contributed by atoms with E-state index < -0.39 is 0 Å². The lowest BCUT2D eigenvalue weighted by atomic mass is 9.92. The molecule has 8 nitrogen and oxygen atoms in total. The SMILES string of the molecule is Nc1c(-c2cnc(NC3CCCC3)nc2)n(C2CCC2)c2cc(Oc3ncccn3)ccc12. The van der Waals surface area contributed by atoms with Crippen LogP contribution in [0, 0.1) is 0 Å². The minimum atomic E-state index is 0.325. The molecule has 0 bridgehead atoms. The summed E-state index contributed by atoms with van der Waals surface area (Å²) >= 11 is 0. The van der Waals surface area contributed by atoms with Crippen molar-refractivity contribution in [3.63, 3.8) is 0 Å². The Balaban J connectivity index is 1.38. The first-order valence-electron chi connectivity index (χ1n) is 11.7. The van der Waals surface area contributed by atoms with E-state index >= 15 is 0 Å². The van der Waals surface area contributed by atoms with E-state index in [1.807, 2.05) is 30.6 Å². The van der Waals surface area contributed by atoms with Crippen LogP contribution in [0.1, 0.15) is 51.0 Å². The molecule has 0 saturated heterocycles. The predicted molar refractivity (Wildman–Crippen MR) is 128 cm³/mol. The zero-order chi connectivity index (χ0) is 22.2. The fourth-order valence-electron chi connectivity index (χ4n) is 4.92. The van der Waals surface area contributed by atoms with E-state index in [0.29, 0.717) is 29.8 Å². The lowest BCUT2D eigenvalue weighted by molar-refractivity contribution is 0.324. The van der Waals surface area contributed by atoms with E-state index in [1.54, 1.807) is 18.5 Å². The van der Waals surface area contributed by atoms with Crippen molar-refractivity contribution in [1.29, 1.82) is 0 Å². The van der Waals surface area contributed by atoms with Gasteiger partial charge in [-0.2, -0.15) is 0 Å². The number of nitrogens with one attached hydrogen (secondary N) is 1. The second-order valence-electron chi connectivity index (χ2n) is 8.95. The molecule has 3 aromatic heterocycles. The fourth-order valence-corrected chi connectivity index (χ4v) is 4.92. The number of nitrogen functional groups attached to an aromatic ring is 1. The number of hydrogen-bond donors (Lipinski definition) is 2. The van der Waals surface area contributed by atoms with Crippen molar-refractivity contribution in [3.05, 3.63) is 49.1 Å². The maximum absolute atomic E-state index is 6.70. The van der Waals surface area contributed by atoms with Crippen LogP contribution in [-0.2, 0) is 0 Å². The number of nitrogens with two attached hydrogens (primary N) is 1. The molecule has 1 aromatic carbocycles. The molecule has 168 valence electrons. The summed E-state index contributed by atoms with van der Waals surface area (Å²) in [6.45, 7) is 0. The van der Waals surface area contributed by atoms with E-state index in [1.165, 1.54) is 32.1 Å². The number of ether oxygens (including phenoxy) is 1. The number of aromatic nitrogens is 5. The van der Waals surface area contributed by atoms with Gasteiger partial charge in [-0.05, 0) is 50.3 Å². The number of anilines is 2. The summed E-state index contributed by atoms with van der Waals surface area (Å²) in [6, 6.07) is 8.93. The zero-order valence-electron chi connectivity index (χ0n) is 18.4. The monoisotopic (exact) mass is 441 g/mol. The molecule has 2 aliphatic rings. The number of benzene rings is 1. The standard InChI is InChI=1S/C25H27N7O/c26-22-20-10-9-19(33-25-27-11-4-12-28-25)13-21(20)32(18-7-3-8-18)23(22)16-14-29-24(30-15-16)31-17-5-1-2-6-17/h4,9-15,17-18H,1-3,5-8,26H2,(H,29,30,31). The van der Waals surface area contributed by atoms with Crippen molar-refractivity contribution in [3.8, 4) is 23.0 Å². The summed E-state index contributed by atoms with van der Waals surface area (Å²) < 4.78 is 8.24. The summed E-state index contributed by atoms with van der Waals surface area (Å²) in [5, 5.41) is 4.47. The van der Waals surface area contributed by atoms with Crippen molar-refractivity contribution in [2.45, 2.75) is 57.0 Å². The number of nitrogens with zero attached hydrogens (tertiary/aromatic N) is 5. The average Bonchev–Trinajstić information content (AvgIpc) is 3.41. The van der Waals surface area contributed by atoms with Crippen LogP contribution < -0.4 is 15.8 Å². The van der Waals surface area contributed by atoms with Crippen LogP contribution in [0.2, 0.25) is 0 Å². The Kier molecular flexibility index (Phi) is 5.05. The molecule has 0 radical (unpaired) electrons. The molecule has 6 rings (SSSR count). The van der Waals surface area contributed by atoms with E-state index in [4.69, 9.17) is 10.5 Å². The summed E-state index contributed by atoms with van der Waals surface area (Å²) in [7, 11) is 0. The Labute approximate surface area is 192 Å². The lowest BCUT2D eigenvalue weighted by Crippen LogP contribution is -2.18. The molecular formula is C25H27N7O. The molecule has 3 N–H and O–H groups in total. The first kappa shape index (κ1) is 20.0. The molecule has 0 unspecified atom stereocenters. The van der Waals surface area contributed by atoms with Gasteiger partial charge < -0.3 is 20.4 Å². The highest BCUT2D eigenvalue weighted by Gasteiger charge is 2.27. The summed E-state index contributed by atoms with van der Waals surface area (Å²) in [4.78, 5) is 17.6. The van der Waals surface area contributed by atoms with Gasteiger partial charge in [0.15, 0.2) is 0 Å². The molecule has 0 atom stereocenters. The Morgan fingerprint density at radius 1 is 0.939 bits per heavy atom. The number of hydrogen-bond acceptors (Lipinski definition) is 7. The average molecular weight is 442 g/mol. The van der Waals surface area contributed by atoms with Crippen LogP contribution in [-0.4, -0.2) is 30.5 Å². The largest absolute Gasteiger partial charge is 0.424 e. The predicted octanol–water partition coefficient (Wildman–Crippen LogP) is 5.34. The minimum Gasteiger partial charge on any atom is -0.424 e. The molecule has 2 fully saturated rings. The van der Waals surface area contributed by atoms with Gasteiger partial charge in [0.2, 0.25) is 5.95 Å². The Morgan fingerprint density at radius 2 is 1.70 bits per heavy atom. The normalized spacial score (nSPS) is 16.7. The van der Waals surface area contributed by atoms with Crippen LogP contribution in [0.4, 0.5) is 11.6 Å². The van der Waals surface area contributed by atoms with Gasteiger partial charge in [0.25, 0.3) is 0 Å². The maximum atomic E-state index is 6.70. The zero-order valence-corrected chi connectivity index (χ0v) is 18.4. The van der Waals surface area contributed by atoms with E-state index in [0.717, 1.165) is 40.7 Å². The van der Waals surface area contributed by atoms with Gasteiger partial charge in [0.1, 0.15) is 5.75 Å². The van der Waals surface area contributed by atoms with E-state index in [-0.39, 0.29) is 0 Å². The molecule has 0 spiro atoms. The van der Waals surface area contributed by atoms with Crippen molar-refractivity contribution < 1.29 is 4.74 Å². The number of rotatable bonds is 6. The van der Waals surface area contributed by atoms with E-state index in [2.05, 4.69) is 29.8 Å². The Bertz CT molecular complexity index is 1260.